The lowest BCUT2D eigenvalue weighted by Crippen LogP contribution is -2.10. The number of aryl methyl sites for hydroxylation is 1. The third-order valence-corrected chi connectivity index (χ3v) is 4.96. The Labute approximate surface area is 173 Å². The van der Waals surface area contributed by atoms with Crippen LogP contribution in [0.2, 0.25) is 0 Å². The highest BCUT2D eigenvalue weighted by Gasteiger charge is 2.16. The number of fused-ring (bicyclic) bond motifs is 1. The molecule has 0 saturated heterocycles. The SMILES string of the molecule is Cc1c[nH]c(=O)c2ccc(-c3nc(-c4cccc(CN(C)C)c4)c(F)nc3N)cc12. The van der Waals surface area contributed by atoms with Gasteiger partial charge in [0.25, 0.3) is 5.56 Å². The number of nitrogen functional groups attached to an aromatic ring is 1. The first kappa shape index (κ1) is 19.7. The summed E-state index contributed by atoms with van der Waals surface area (Å²) >= 11 is 0. The molecule has 0 aliphatic rings. The minimum atomic E-state index is -0.716. The van der Waals surface area contributed by atoms with Gasteiger partial charge in [0, 0.05) is 29.3 Å². The molecule has 6 nitrogen and oxygen atoms in total. The van der Waals surface area contributed by atoms with Crippen LogP contribution < -0.4 is 11.3 Å². The number of benzene rings is 2. The number of H-pyrrole nitrogens is 1. The van der Waals surface area contributed by atoms with Crippen molar-refractivity contribution in [2.45, 2.75) is 13.5 Å². The number of hydrogen-bond donors (Lipinski definition) is 2. The van der Waals surface area contributed by atoms with Gasteiger partial charge in [-0.05, 0) is 55.7 Å². The predicted molar refractivity (Wildman–Crippen MR) is 118 cm³/mol. The van der Waals surface area contributed by atoms with E-state index >= 15 is 0 Å². The number of anilines is 1. The van der Waals surface area contributed by atoms with E-state index in [0.29, 0.717) is 22.2 Å². The van der Waals surface area contributed by atoms with E-state index in [1.165, 1.54) is 0 Å². The molecule has 0 amide bonds. The quantitative estimate of drug-likeness (QED) is 0.542. The Balaban J connectivity index is 1.86. The molecular formula is C23H22FN5O. The van der Waals surface area contributed by atoms with Crippen LogP contribution in [0.15, 0.2) is 53.5 Å². The normalized spacial score (nSPS) is 11.4. The van der Waals surface area contributed by atoms with Crippen molar-refractivity contribution in [2.75, 3.05) is 19.8 Å². The average Bonchev–Trinajstić information content (AvgIpc) is 2.70. The lowest BCUT2D eigenvalue weighted by atomic mass is 10.0. The van der Waals surface area contributed by atoms with E-state index in [-0.39, 0.29) is 17.1 Å². The average molecular weight is 403 g/mol. The van der Waals surface area contributed by atoms with Gasteiger partial charge in [-0.3, -0.25) is 4.79 Å². The number of aromatic amines is 1. The van der Waals surface area contributed by atoms with Crippen LogP contribution in [0, 0.1) is 12.9 Å². The summed E-state index contributed by atoms with van der Waals surface area (Å²) < 4.78 is 14.7. The Morgan fingerprint density at radius 1 is 1.03 bits per heavy atom. The lowest BCUT2D eigenvalue weighted by molar-refractivity contribution is 0.402. The number of pyridine rings is 1. The van der Waals surface area contributed by atoms with Crippen molar-refractivity contribution < 1.29 is 4.39 Å². The van der Waals surface area contributed by atoms with Crippen molar-refractivity contribution in [3.8, 4) is 22.5 Å². The van der Waals surface area contributed by atoms with E-state index in [1.807, 2.05) is 50.2 Å². The molecule has 7 heteroatoms. The molecule has 2 aromatic carbocycles. The molecule has 0 spiro atoms. The molecule has 0 unspecified atom stereocenters. The molecule has 0 atom stereocenters. The second kappa shape index (κ2) is 7.68. The Bertz CT molecular complexity index is 1310. The van der Waals surface area contributed by atoms with Crippen molar-refractivity contribution in [3.05, 3.63) is 76.1 Å². The van der Waals surface area contributed by atoms with Gasteiger partial charge in [0.15, 0.2) is 5.82 Å². The summed E-state index contributed by atoms with van der Waals surface area (Å²) in [7, 11) is 3.95. The zero-order chi connectivity index (χ0) is 21.4. The molecule has 2 aromatic heterocycles. The van der Waals surface area contributed by atoms with Crippen LogP contribution in [0.1, 0.15) is 11.1 Å². The molecule has 0 aliphatic heterocycles. The number of rotatable bonds is 4. The van der Waals surface area contributed by atoms with Crippen LogP contribution in [0.4, 0.5) is 10.2 Å². The Morgan fingerprint density at radius 2 is 1.80 bits per heavy atom. The van der Waals surface area contributed by atoms with Crippen molar-refractivity contribution in [1.29, 1.82) is 0 Å². The highest BCUT2D eigenvalue weighted by Crippen LogP contribution is 2.30. The van der Waals surface area contributed by atoms with E-state index in [0.717, 1.165) is 23.1 Å². The fourth-order valence-corrected chi connectivity index (χ4v) is 3.55. The molecule has 4 rings (SSSR count). The van der Waals surface area contributed by atoms with Gasteiger partial charge in [0.05, 0.1) is 0 Å². The fraction of sp³-hybridized carbons (Fsp3) is 0.174. The van der Waals surface area contributed by atoms with Crippen LogP contribution in [-0.2, 0) is 6.54 Å². The van der Waals surface area contributed by atoms with Gasteiger partial charge < -0.3 is 15.6 Å². The van der Waals surface area contributed by atoms with Gasteiger partial charge in [-0.15, -0.1) is 0 Å². The number of nitrogens with one attached hydrogen (secondary N) is 1. The van der Waals surface area contributed by atoms with Gasteiger partial charge in [-0.25, -0.2) is 4.98 Å². The molecule has 0 fully saturated rings. The Hall–Kier alpha value is -3.58. The maximum atomic E-state index is 14.7. The summed E-state index contributed by atoms with van der Waals surface area (Å²) in [6.07, 6.45) is 1.66. The molecule has 3 N–H and O–H groups in total. The summed E-state index contributed by atoms with van der Waals surface area (Å²) in [5.74, 6) is -0.714. The zero-order valence-corrected chi connectivity index (χ0v) is 17.0. The summed E-state index contributed by atoms with van der Waals surface area (Å²) in [5, 5.41) is 1.36. The Morgan fingerprint density at radius 3 is 2.57 bits per heavy atom. The third-order valence-electron chi connectivity index (χ3n) is 4.96. The first-order chi connectivity index (χ1) is 14.3. The molecule has 0 saturated carbocycles. The second-order valence-corrected chi connectivity index (χ2v) is 7.60. The number of hydrogen-bond acceptors (Lipinski definition) is 5. The summed E-state index contributed by atoms with van der Waals surface area (Å²) in [5.41, 5.74) is 9.63. The van der Waals surface area contributed by atoms with Crippen molar-refractivity contribution in [3.63, 3.8) is 0 Å². The summed E-state index contributed by atoms with van der Waals surface area (Å²) in [6, 6.07) is 12.9. The molecule has 30 heavy (non-hydrogen) atoms. The van der Waals surface area contributed by atoms with Gasteiger partial charge in [-0.2, -0.15) is 9.37 Å². The van der Waals surface area contributed by atoms with Crippen molar-refractivity contribution >= 4 is 16.6 Å². The number of halogens is 1. The lowest BCUT2D eigenvalue weighted by Gasteiger charge is -2.12. The summed E-state index contributed by atoms with van der Waals surface area (Å²) in [6.45, 7) is 2.63. The first-order valence-corrected chi connectivity index (χ1v) is 9.53. The Kier molecular flexibility index (Phi) is 5.05. The van der Waals surface area contributed by atoms with E-state index in [2.05, 4.69) is 15.0 Å². The molecular weight excluding hydrogens is 381 g/mol. The topological polar surface area (TPSA) is 87.9 Å². The maximum Gasteiger partial charge on any atom is 0.255 e. The number of nitrogens with two attached hydrogens (primary N) is 1. The predicted octanol–water partition coefficient (Wildman–Crippen LogP) is 3.74. The minimum absolute atomic E-state index is 0.00235. The van der Waals surface area contributed by atoms with Gasteiger partial charge in [0.2, 0.25) is 5.95 Å². The molecule has 4 aromatic rings. The van der Waals surface area contributed by atoms with Crippen molar-refractivity contribution in [1.82, 2.24) is 19.9 Å². The van der Waals surface area contributed by atoms with Crippen LogP contribution in [0.5, 0.6) is 0 Å². The van der Waals surface area contributed by atoms with Crippen molar-refractivity contribution in [2.24, 2.45) is 0 Å². The summed E-state index contributed by atoms with van der Waals surface area (Å²) in [4.78, 5) is 25.3. The molecule has 2 heterocycles. The fourth-order valence-electron chi connectivity index (χ4n) is 3.55. The standard InChI is InChI=1S/C23H22FN5O/c1-13-11-26-23(30)17-8-7-16(10-18(13)17)20-22(25)28-21(24)19(27-20)15-6-4-5-14(9-15)12-29(2)3/h4-11H,12H2,1-3H3,(H2,25,28)(H,26,30). The van der Waals surface area contributed by atoms with E-state index in [9.17, 15) is 9.18 Å². The zero-order valence-electron chi connectivity index (χ0n) is 17.0. The van der Waals surface area contributed by atoms with Crippen LogP contribution in [-0.4, -0.2) is 33.9 Å². The van der Waals surface area contributed by atoms with E-state index in [1.54, 1.807) is 24.4 Å². The van der Waals surface area contributed by atoms with E-state index < -0.39 is 5.95 Å². The minimum Gasteiger partial charge on any atom is -0.382 e. The van der Waals surface area contributed by atoms with E-state index in [4.69, 9.17) is 5.73 Å². The smallest absolute Gasteiger partial charge is 0.255 e. The number of nitrogens with zero attached hydrogens (tertiary/aromatic N) is 3. The largest absolute Gasteiger partial charge is 0.382 e. The van der Waals surface area contributed by atoms with Crippen LogP contribution in [0.25, 0.3) is 33.3 Å². The molecule has 0 radical (unpaired) electrons. The highest BCUT2D eigenvalue weighted by molar-refractivity contribution is 5.89. The first-order valence-electron chi connectivity index (χ1n) is 9.53. The molecule has 0 bridgehead atoms. The van der Waals surface area contributed by atoms with Crippen LogP contribution >= 0.6 is 0 Å². The second-order valence-electron chi connectivity index (χ2n) is 7.60. The third kappa shape index (κ3) is 3.67. The van der Waals surface area contributed by atoms with Gasteiger partial charge in [-0.1, -0.05) is 24.3 Å². The van der Waals surface area contributed by atoms with Crippen LogP contribution in [0.3, 0.4) is 0 Å². The monoisotopic (exact) mass is 403 g/mol. The highest BCUT2D eigenvalue weighted by atomic mass is 19.1. The number of aromatic nitrogens is 3. The maximum absolute atomic E-state index is 14.7. The molecule has 0 aliphatic carbocycles. The van der Waals surface area contributed by atoms with Gasteiger partial charge in [0.1, 0.15) is 11.4 Å². The molecule has 152 valence electrons. The van der Waals surface area contributed by atoms with Gasteiger partial charge >= 0.3 is 0 Å².